The molecule has 0 saturated carbocycles. The lowest BCUT2D eigenvalue weighted by atomic mass is 10.0. The number of ether oxygens (including phenoxy) is 1. The number of methoxy groups -OCH3 is 1. The smallest absolute Gasteiger partial charge is 0.357 e. The molecule has 0 amide bonds. The highest BCUT2D eigenvalue weighted by molar-refractivity contribution is 5.96. The first-order valence-electron chi connectivity index (χ1n) is 6.87. The van der Waals surface area contributed by atoms with Crippen molar-refractivity contribution in [1.29, 1.82) is 5.26 Å². The topological polar surface area (TPSA) is 156 Å². The Morgan fingerprint density at radius 2 is 2.00 bits per heavy atom. The van der Waals surface area contributed by atoms with Gasteiger partial charge in [-0.1, -0.05) is 6.07 Å². The van der Waals surface area contributed by atoms with Gasteiger partial charge in [0.05, 0.1) is 30.3 Å². The summed E-state index contributed by atoms with van der Waals surface area (Å²) in [6, 6.07) is 5.79. The largest absolute Gasteiger partial charge is 0.481 e. The molecule has 25 heavy (non-hydrogen) atoms. The monoisotopic (exact) mass is 343 g/mol. The number of anilines is 1. The lowest BCUT2D eigenvalue weighted by Crippen LogP contribution is -2.13. The first-order chi connectivity index (χ1) is 11.8. The highest BCUT2D eigenvalue weighted by atomic mass is 16.5. The fourth-order valence-corrected chi connectivity index (χ4v) is 2.35. The van der Waals surface area contributed by atoms with Crippen LogP contribution in [0.1, 0.15) is 32.0 Å². The van der Waals surface area contributed by atoms with E-state index >= 15 is 0 Å². The van der Waals surface area contributed by atoms with Crippen molar-refractivity contribution in [3.63, 3.8) is 0 Å². The average Bonchev–Trinajstić information content (AvgIpc) is 2.90. The number of rotatable bonds is 5. The summed E-state index contributed by atoms with van der Waals surface area (Å²) in [5.41, 5.74) is 5.67. The van der Waals surface area contributed by atoms with Gasteiger partial charge in [-0.3, -0.25) is 4.79 Å². The van der Waals surface area contributed by atoms with Crippen molar-refractivity contribution in [3.05, 3.63) is 46.8 Å². The van der Waals surface area contributed by atoms with E-state index in [0.29, 0.717) is 0 Å². The van der Waals surface area contributed by atoms with Crippen LogP contribution in [0.25, 0.3) is 5.69 Å². The molecule has 1 aromatic heterocycles. The van der Waals surface area contributed by atoms with Crippen molar-refractivity contribution in [2.75, 3.05) is 12.8 Å². The van der Waals surface area contributed by atoms with Crippen LogP contribution in [-0.2, 0) is 16.0 Å². The van der Waals surface area contributed by atoms with Crippen LogP contribution in [0.2, 0.25) is 0 Å². The van der Waals surface area contributed by atoms with Crippen molar-refractivity contribution < 1.29 is 29.3 Å². The Balaban J connectivity index is 2.69. The summed E-state index contributed by atoms with van der Waals surface area (Å²) >= 11 is 0. The summed E-state index contributed by atoms with van der Waals surface area (Å²) in [4.78, 5) is 34.2. The molecule has 0 saturated heterocycles. The van der Waals surface area contributed by atoms with E-state index in [0.717, 1.165) is 7.11 Å². The van der Waals surface area contributed by atoms with Crippen molar-refractivity contribution in [1.82, 2.24) is 4.57 Å². The maximum atomic E-state index is 12.0. The molecule has 0 aliphatic rings. The van der Waals surface area contributed by atoms with E-state index in [2.05, 4.69) is 4.74 Å². The van der Waals surface area contributed by atoms with Crippen LogP contribution < -0.4 is 5.73 Å². The summed E-state index contributed by atoms with van der Waals surface area (Å²) in [6.45, 7) is 0. The number of aromatic carboxylic acids is 1. The zero-order chi connectivity index (χ0) is 18.7. The second kappa shape index (κ2) is 6.76. The molecule has 2 aromatic rings. The molecule has 1 heterocycles. The number of carbonyl (C=O) groups excluding carboxylic acids is 1. The van der Waals surface area contributed by atoms with Crippen molar-refractivity contribution in [2.24, 2.45) is 0 Å². The maximum Gasteiger partial charge on any atom is 0.357 e. The summed E-state index contributed by atoms with van der Waals surface area (Å²) < 4.78 is 5.88. The summed E-state index contributed by atoms with van der Waals surface area (Å²) in [5, 5.41) is 27.3. The SMILES string of the molecule is COC(=O)c1c(N)c(C#N)cn1-c1ccc(CC(=O)O)c(C(=O)O)c1. The lowest BCUT2D eigenvalue weighted by Gasteiger charge is -2.11. The second-order valence-electron chi connectivity index (χ2n) is 5.00. The number of aromatic nitrogens is 1. The van der Waals surface area contributed by atoms with Crippen LogP contribution in [0.4, 0.5) is 5.69 Å². The molecule has 0 spiro atoms. The summed E-state index contributed by atoms with van der Waals surface area (Å²) in [7, 11) is 1.14. The van der Waals surface area contributed by atoms with Gasteiger partial charge in [-0.25, -0.2) is 9.59 Å². The number of carboxylic acids is 2. The highest BCUT2D eigenvalue weighted by Crippen LogP contribution is 2.26. The number of aliphatic carboxylic acids is 1. The Bertz CT molecular complexity index is 923. The molecule has 9 heteroatoms. The number of carbonyl (C=O) groups is 3. The minimum absolute atomic E-state index is 0.0203. The molecule has 0 radical (unpaired) electrons. The minimum Gasteiger partial charge on any atom is -0.481 e. The molecule has 0 aliphatic carbocycles. The van der Waals surface area contributed by atoms with E-state index in [1.54, 1.807) is 0 Å². The van der Waals surface area contributed by atoms with E-state index in [9.17, 15) is 19.5 Å². The van der Waals surface area contributed by atoms with Gasteiger partial charge < -0.3 is 25.3 Å². The van der Waals surface area contributed by atoms with Crippen LogP contribution in [-0.4, -0.2) is 39.8 Å². The normalized spacial score (nSPS) is 10.1. The fourth-order valence-electron chi connectivity index (χ4n) is 2.35. The minimum atomic E-state index is -1.32. The number of carboxylic acid groups (broad SMARTS) is 2. The van der Waals surface area contributed by atoms with Gasteiger partial charge in [0.15, 0.2) is 5.69 Å². The number of nitrogens with two attached hydrogens (primary N) is 1. The number of nitrogen functional groups attached to an aromatic ring is 1. The molecule has 4 N–H and O–H groups in total. The average molecular weight is 343 g/mol. The second-order valence-corrected chi connectivity index (χ2v) is 5.00. The van der Waals surface area contributed by atoms with E-state index in [1.165, 1.54) is 29.0 Å². The van der Waals surface area contributed by atoms with Gasteiger partial charge in [0.25, 0.3) is 0 Å². The van der Waals surface area contributed by atoms with Crippen LogP contribution in [0.5, 0.6) is 0 Å². The van der Waals surface area contributed by atoms with E-state index in [4.69, 9.17) is 16.1 Å². The third-order valence-electron chi connectivity index (χ3n) is 3.49. The Morgan fingerprint density at radius 1 is 1.32 bits per heavy atom. The number of nitrogens with zero attached hydrogens (tertiary/aromatic N) is 2. The Kier molecular flexibility index (Phi) is 4.74. The molecular formula is C16H13N3O6. The van der Waals surface area contributed by atoms with Gasteiger partial charge in [0.2, 0.25) is 0 Å². The molecule has 9 nitrogen and oxygen atoms in total. The van der Waals surface area contributed by atoms with E-state index < -0.39 is 24.3 Å². The van der Waals surface area contributed by atoms with Crippen molar-refractivity contribution >= 4 is 23.6 Å². The number of hydrogen-bond donors (Lipinski definition) is 3. The van der Waals surface area contributed by atoms with Crippen LogP contribution >= 0.6 is 0 Å². The Morgan fingerprint density at radius 3 is 2.52 bits per heavy atom. The van der Waals surface area contributed by atoms with Gasteiger partial charge in [-0.15, -0.1) is 0 Å². The van der Waals surface area contributed by atoms with E-state index in [-0.39, 0.29) is 33.8 Å². The lowest BCUT2D eigenvalue weighted by molar-refractivity contribution is -0.136. The van der Waals surface area contributed by atoms with Crippen molar-refractivity contribution in [3.8, 4) is 11.8 Å². The highest BCUT2D eigenvalue weighted by Gasteiger charge is 2.23. The molecule has 128 valence electrons. The van der Waals surface area contributed by atoms with Crippen molar-refractivity contribution in [2.45, 2.75) is 6.42 Å². The quantitative estimate of drug-likeness (QED) is 0.680. The van der Waals surface area contributed by atoms with E-state index in [1.807, 2.05) is 6.07 Å². The summed E-state index contributed by atoms with van der Waals surface area (Å²) in [5.74, 6) is -3.30. The molecule has 0 fully saturated rings. The number of esters is 1. The van der Waals surface area contributed by atoms with Crippen LogP contribution in [0.3, 0.4) is 0 Å². The van der Waals surface area contributed by atoms with Gasteiger partial charge in [0.1, 0.15) is 6.07 Å². The van der Waals surface area contributed by atoms with Gasteiger partial charge in [-0.05, 0) is 17.7 Å². The molecular weight excluding hydrogens is 330 g/mol. The van der Waals surface area contributed by atoms with Gasteiger partial charge >= 0.3 is 17.9 Å². The predicted molar refractivity (Wildman–Crippen MR) is 84.5 cm³/mol. The molecule has 0 aliphatic heterocycles. The first kappa shape index (κ1) is 17.6. The number of nitriles is 1. The third-order valence-corrected chi connectivity index (χ3v) is 3.49. The number of benzene rings is 1. The van der Waals surface area contributed by atoms with Crippen LogP contribution in [0.15, 0.2) is 24.4 Å². The molecule has 2 rings (SSSR count). The predicted octanol–water partition coefficient (Wildman–Crippen LogP) is 1.04. The Labute approximate surface area is 141 Å². The zero-order valence-electron chi connectivity index (χ0n) is 13.0. The standard InChI is InChI=1S/C16H13N3O6/c1-25-16(24)14-13(18)9(6-17)7-19(14)10-3-2-8(4-12(20)21)11(5-10)15(22)23/h2-3,5,7H,4,18H2,1H3,(H,20,21)(H,22,23). The summed E-state index contributed by atoms with van der Waals surface area (Å²) in [6.07, 6.45) is 0.808. The molecule has 0 atom stereocenters. The van der Waals surface area contributed by atoms with Gasteiger partial charge in [0, 0.05) is 11.9 Å². The molecule has 0 bridgehead atoms. The molecule has 1 aromatic carbocycles. The Hall–Kier alpha value is -3.80. The first-order valence-corrected chi connectivity index (χ1v) is 6.87. The third kappa shape index (κ3) is 3.28. The zero-order valence-corrected chi connectivity index (χ0v) is 13.0. The number of hydrogen-bond acceptors (Lipinski definition) is 6. The van der Waals surface area contributed by atoms with Crippen LogP contribution in [0, 0.1) is 11.3 Å². The maximum absolute atomic E-state index is 12.0. The van der Waals surface area contributed by atoms with Gasteiger partial charge in [-0.2, -0.15) is 5.26 Å². The fraction of sp³-hybridized carbons (Fsp3) is 0.125. The molecule has 0 unspecified atom stereocenters.